The van der Waals surface area contributed by atoms with Crippen molar-refractivity contribution >= 4 is 48.3 Å². The molecule has 0 spiro atoms. The van der Waals surface area contributed by atoms with Gasteiger partial charge in [-0.1, -0.05) is 13.0 Å². The van der Waals surface area contributed by atoms with Gasteiger partial charge in [0.15, 0.2) is 0 Å². The van der Waals surface area contributed by atoms with Crippen LogP contribution in [0.15, 0.2) is 24.3 Å². The molecule has 3 aromatic heterocycles. The fourth-order valence-corrected chi connectivity index (χ4v) is 9.77. The molecule has 3 aliphatic heterocycles. The third kappa shape index (κ3) is 7.03. The predicted molar refractivity (Wildman–Crippen MR) is 185 cm³/mol. The molecular weight excluding hydrogens is 674 g/mol. The van der Waals surface area contributed by atoms with Crippen LogP contribution in [0.3, 0.4) is 0 Å². The van der Waals surface area contributed by atoms with Gasteiger partial charge in [-0.2, -0.15) is 22.7 Å². The van der Waals surface area contributed by atoms with E-state index in [9.17, 15) is 26.9 Å². The van der Waals surface area contributed by atoms with Gasteiger partial charge in [0.1, 0.15) is 28.2 Å². The van der Waals surface area contributed by atoms with Crippen molar-refractivity contribution in [3.63, 3.8) is 0 Å². The molecule has 2 atom stereocenters. The van der Waals surface area contributed by atoms with Crippen molar-refractivity contribution in [3.05, 3.63) is 51.8 Å². The molecule has 10 nitrogen and oxygen atoms in total. The number of thiophene rings is 1. The number of likely N-dealkylation sites (tertiary alicyclic amines) is 1. The van der Waals surface area contributed by atoms with Crippen molar-refractivity contribution in [2.45, 2.75) is 46.0 Å². The summed E-state index contributed by atoms with van der Waals surface area (Å²) in [5.74, 6) is 2.31. The Morgan fingerprint density at radius 2 is 1.69 bits per heavy atom. The molecule has 15 heteroatoms. The lowest BCUT2D eigenvalue weighted by Gasteiger charge is -2.33. The number of alkyl halides is 3. The lowest BCUT2D eigenvalue weighted by Crippen LogP contribution is -2.48. The first-order valence-corrected chi connectivity index (χ1v) is 19.5. The zero-order valence-electron chi connectivity index (χ0n) is 28.0. The number of sulfonamides is 1. The van der Waals surface area contributed by atoms with Crippen LogP contribution in [-0.2, 0) is 36.0 Å². The average Bonchev–Trinajstić information content (AvgIpc) is 3.81. The van der Waals surface area contributed by atoms with Crippen LogP contribution in [0.1, 0.15) is 34.4 Å². The minimum absolute atomic E-state index is 0.270. The van der Waals surface area contributed by atoms with E-state index in [1.165, 1.54) is 21.7 Å². The van der Waals surface area contributed by atoms with Crippen molar-refractivity contribution in [2.75, 3.05) is 70.1 Å². The summed E-state index contributed by atoms with van der Waals surface area (Å²) >= 11 is 1.12. The smallest absolute Gasteiger partial charge is 0.355 e. The Morgan fingerprint density at radius 3 is 2.33 bits per heavy atom. The number of aromatic nitrogens is 3. The Hall–Kier alpha value is -3.29. The van der Waals surface area contributed by atoms with Crippen molar-refractivity contribution in [2.24, 2.45) is 11.8 Å². The zero-order chi connectivity index (χ0) is 34.7. The van der Waals surface area contributed by atoms with Gasteiger partial charge in [0.05, 0.1) is 18.1 Å². The summed E-state index contributed by atoms with van der Waals surface area (Å²) < 4.78 is 66.8. The number of halogens is 3. The van der Waals surface area contributed by atoms with Gasteiger partial charge >= 0.3 is 6.18 Å². The van der Waals surface area contributed by atoms with Gasteiger partial charge in [-0.05, 0) is 48.1 Å². The molecule has 0 radical (unpaired) electrons. The quantitative estimate of drug-likeness (QED) is 0.248. The summed E-state index contributed by atoms with van der Waals surface area (Å²) in [5, 5.41) is 11.8. The number of nitriles is 1. The van der Waals surface area contributed by atoms with Gasteiger partial charge in [0.25, 0.3) is 0 Å². The second-order valence-corrected chi connectivity index (χ2v) is 16.8. The van der Waals surface area contributed by atoms with Crippen LogP contribution in [0.4, 0.5) is 19.0 Å². The molecule has 3 saturated heterocycles. The SMILES string of the molecule is CCc1nc(N2CC3CN(Cc4ccc5c(cc(C#N)n5CCN5CCN(S(C)(=O)=O)CC5)c4C)CC3C2)c2cc(CC(F)(F)F)sc2n1. The van der Waals surface area contributed by atoms with Crippen LogP contribution < -0.4 is 4.90 Å². The first-order valence-electron chi connectivity index (χ1n) is 16.8. The highest BCUT2D eigenvalue weighted by Gasteiger charge is 2.41. The number of benzene rings is 1. The molecule has 0 bridgehead atoms. The number of hydrogen-bond acceptors (Lipinski definition) is 9. The Labute approximate surface area is 288 Å². The minimum atomic E-state index is -4.26. The lowest BCUT2D eigenvalue weighted by molar-refractivity contribution is -0.126. The van der Waals surface area contributed by atoms with Crippen LogP contribution in [0.25, 0.3) is 21.1 Å². The standard InChI is InChI=1S/C34H41F3N8O2S2/c1-4-31-39-32(29-14-27(15-34(35,36)37)48-33(29)40-31)43-20-24-18-42(19-25(24)21-43)17-23-5-6-30-28(22(23)2)13-26(16-38)45(30)12-9-41-7-10-44(11-8-41)49(3,46)47/h5-6,13-14,24-25H,4,7-12,15,17-21H2,1-3H3. The molecule has 4 aromatic rings. The Bertz CT molecular complexity index is 2010. The van der Waals surface area contributed by atoms with E-state index >= 15 is 0 Å². The zero-order valence-corrected chi connectivity index (χ0v) is 29.6. The van der Waals surface area contributed by atoms with Crippen LogP contribution in [0.5, 0.6) is 0 Å². The molecule has 0 amide bonds. The summed E-state index contributed by atoms with van der Waals surface area (Å²) in [6.45, 7) is 12.1. The molecule has 3 aliphatic rings. The molecule has 1 aromatic carbocycles. The normalized spacial score (nSPS) is 21.3. The largest absolute Gasteiger partial charge is 0.393 e. The van der Waals surface area contributed by atoms with E-state index in [1.807, 2.05) is 13.0 Å². The topological polar surface area (TPSA) is 102 Å². The second-order valence-electron chi connectivity index (χ2n) is 13.7. The highest BCUT2D eigenvalue weighted by molar-refractivity contribution is 7.88. The molecule has 3 fully saturated rings. The van der Waals surface area contributed by atoms with E-state index in [2.05, 4.69) is 49.4 Å². The highest BCUT2D eigenvalue weighted by Crippen LogP contribution is 2.39. The summed E-state index contributed by atoms with van der Waals surface area (Å²) in [6.07, 6.45) is -3.34. The third-order valence-electron chi connectivity index (χ3n) is 10.4. The fourth-order valence-electron chi connectivity index (χ4n) is 7.87. The number of nitrogens with zero attached hydrogens (tertiary/aromatic N) is 8. The van der Waals surface area contributed by atoms with E-state index < -0.39 is 22.6 Å². The van der Waals surface area contributed by atoms with E-state index in [4.69, 9.17) is 4.98 Å². The summed E-state index contributed by atoms with van der Waals surface area (Å²) in [6, 6.07) is 10.3. The average molecular weight is 715 g/mol. The molecule has 49 heavy (non-hydrogen) atoms. The number of fused-ring (bicyclic) bond motifs is 3. The maximum atomic E-state index is 13.2. The van der Waals surface area contributed by atoms with Gasteiger partial charge in [-0.25, -0.2) is 18.4 Å². The van der Waals surface area contributed by atoms with Crippen LogP contribution in [-0.4, -0.2) is 108 Å². The maximum absolute atomic E-state index is 13.2. The Morgan fingerprint density at radius 1 is 0.980 bits per heavy atom. The van der Waals surface area contributed by atoms with Gasteiger partial charge in [0.2, 0.25) is 10.0 Å². The Kier molecular flexibility index (Phi) is 9.15. The molecule has 2 unspecified atom stereocenters. The molecule has 0 aliphatic carbocycles. The Balaban J connectivity index is 1.01. The minimum Gasteiger partial charge on any atom is -0.355 e. The van der Waals surface area contributed by atoms with Crippen LogP contribution >= 0.6 is 11.3 Å². The van der Waals surface area contributed by atoms with Crippen molar-refractivity contribution in [1.29, 1.82) is 5.26 Å². The number of anilines is 1. The monoisotopic (exact) mass is 714 g/mol. The van der Waals surface area contributed by atoms with Crippen LogP contribution in [0, 0.1) is 30.1 Å². The second kappa shape index (κ2) is 13.1. The summed E-state index contributed by atoms with van der Waals surface area (Å²) in [7, 11) is -3.18. The first-order chi connectivity index (χ1) is 23.3. The van der Waals surface area contributed by atoms with Gasteiger partial charge in [0, 0.05) is 94.2 Å². The van der Waals surface area contributed by atoms with Crippen molar-refractivity contribution in [1.82, 2.24) is 28.6 Å². The molecule has 0 N–H and O–H groups in total. The molecular formula is C34H41F3N8O2S2. The van der Waals surface area contributed by atoms with E-state index in [0.29, 0.717) is 67.3 Å². The van der Waals surface area contributed by atoms with Crippen molar-refractivity contribution in [3.8, 4) is 6.07 Å². The van der Waals surface area contributed by atoms with E-state index in [0.717, 1.165) is 72.7 Å². The number of hydrogen-bond donors (Lipinski definition) is 0. The third-order valence-corrected chi connectivity index (χ3v) is 12.8. The van der Waals surface area contributed by atoms with E-state index in [1.54, 1.807) is 6.07 Å². The first kappa shape index (κ1) is 34.2. The van der Waals surface area contributed by atoms with Gasteiger partial charge < -0.3 is 9.47 Å². The fraction of sp³-hybridized carbons (Fsp3) is 0.559. The predicted octanol–water partition coefficient (Wildman–Crippen LogP) is 4.64. The molecule has 7 rings (SSSR count). The maximum Gasteiger partial charge on any atom is 0.393 e. The summed E-state index contributed by atoms with van der Waals surface area (Å²) in [4.78, 5) is 17.3. The number of aryl methyl sites for hydroxylation is 2. The molecule has 262 valence electrons. The number of rotatable bonds is 9. The number of piperazine rings is 1. The van der Waals surface area contributed by atoms with Crippen molar-refractivity contribution < 1.29 is 21.6 Å². The molecule has 0 saturated carbocycles. The van der Waals surface area contributed by atoms with E-state index in [-0.39, 0.29) is 4.88 Å². The summed E-state index contributed by atoms with van der Waals surface area (Å²) in [5.41, 5.74) is 4.08. The lowest BCUT2D eigenvalue weighted by atomic mass is 10.0. The molecule has 6 heterocycles. The highest BCUT2D eigenvalue weighted by atomic mass is 32.2. The van der Waals surface area contributed by atoms with Gasteiger partial charge in [-0.15, -0.1) is 11.3 Å². The van der Waals surface area contributed by atoms with Crippen LogP contribution in [0.2, 0.25) is 0 Å². The van der Waals surface area contributed by atoms with Gasteiger partial charge in [-0.3, -0.25) is 9.80 Å².